The Labute approximate surface area is 116 Å². The van der Waals surface area contributed by atoms with Crippen LogP contribution in [0, 0.1) is 0 Å². The van der Waals surface area contributed by atoms with Crippen LogP contribution >= 0.6 is 11.3 Å². The first-order chi connectivity index (χ1) is 9.06. The predicted octanol–water partition coefficient (Wildman–Crippen LogP) is 1.39. The molecule has 0 aliphatic carbocycles. The largest absolute Gasteiger partial charge is 0.479 e. The second-order valence-corrected chi connectivity index (χ2v) is 5.72. The number of carbonyl (C=O) groups excluding carboxylic acids is 1. The highest BCUT2D eigenvalue weighted by Crippen LogP contribution is 2.33. The van der Waals surface area contributed by atoms with Crippen molar-refractivity contribution in [1.29, 1.82) is 0 Å². The minimum atomic E-state index is -0.989. The summed E-state index contributed by atoms with van der Waals surface area (Å²) in [7, 11) is 0. The Morgan fingerprint density at radius 2 is 2.37 bits per heavy atom. The van der Waals surface area contributed by atoms with Crippen LogP contribution in [0.15, 0.2) is 11.4 Å². The quantitative estimate of drug-likeness (QED) is 0.874. The van der Waals surface area contributed by atoms with E-state index in [2.05, 4.69) is 0 Å². The molecule has 6 heteroatoms. The van der Waals surface area contributed by atoms with Crippen molar-refractivity contribution >= 4 is 23.2 Å². The minimum absolute atomic E-state index is 0.258. The predicted molar refractivity (Wildman–Crippen MR) is 73.0 cm³/mol. The van der Waals surface area contributed by atoms with Crippen LogP contribution in [0.1, 0.15) is 36.2 Å². The van der Waals surface area contributed by atoms with Gasteiger partial charge in [0.2, 0.25) is 5.91 Å². The van der Waals surface area contributed by atoms with E-state index in [1.54, 1.807) is 17.4 Å². The Bertz CT molecular complexity index is 486. The highest BCUT2D eigenvalue weighted by atomic mass is 32.1. The highest BCUT2D eigenvalue weighted by Gasteiger charge is 2.37. The average molecular weight is 282 g/mol. The molecule has 1 aliphatic heterocycles. The molecular formula is C13H18N2O3S. The van der Waals surface area contributed by atoms with Gasteiger partial charge < -0.3 is 15.7 Å². The van der Waals surface area contributed by atoms with Gasteiger partial charge >= 0.3 is 5.97 Å². The molecule has 1 aliphatic rings. The second-order valence-electron chi connectivity index (χ2n) is 4.72. The fourth-order valence-electron chi connectivity index (χ4n) is 2.47. The Kier molecular flexibility index (Phi) is 4.21. The Morgan fingerprint density at radius 1 is 1.63 bits per heavy atom. The maximum atomic E-state index is 12.3. The zero-order chi connectivity index (χ0) is 14.0. The normalized spacial score (nSPS) is 19.9. The first kappa shape index (κ1) is 14.0. The van der Waals surface area contributed by atoms with Gasteiger partial charge in [0, 0.05) is 11.4 Å². The van der Waals surface area contributed by atoms with Crippen LogP contribution in [0.4, 0.5) is 0 Å². The van der Waals surface area contributed by atoms with Gasteiger partial charge in [0.1, 0.15) is 0 Å². The third-order valence-corrected chi connectivity index (χ3v) is 4.40. The van der Waals surface area contributed by atoms with E-state index >= 15 is 0 Å². The number of amides is 1. The van der Waals surface area contributed by atoms with E-state index in [1.165, 1.54) is 4.90 Å². The van der Waals surface area contributed by atoms with Gasteiger partial charge in [-0.2, -0.15) is 0 Å². The van der Waals surface area contributed by atoms with E-state index in [1.807, 2.05) is 12.3 Å². The summed E-state index contributed by atoms with van der Waals surface area (Å²) in [6, 6.07) is 0.307. The van der Waals surface area contributed by atoms with E-state index in [0.717, 1.165) is 16.9 Å². The van der Waals surface area contributed by atoms with Crippen molar-refractivity contribution in [3.63, 3.8) is 0 Å². The molecule has 3 N–H and O–H groups in total. The monoisotopic (exact) mass is 282 g/mol. The first-order valence-corrected chi connectivity index (χ1v) is 7.29. The molecular weight excluding hydrogens is 264 g/mol. The van der Waals surface area contributed by atoms with E-state index in [0.29, 0.717) is 19.4 Å². The van der Waals surface area contributed by atoms with Gasteiger partial charge in [-0.3, -0.25) is 4.79 Å². The maximum absolute atomic E-state index is 12.3. The number of rotatable bonds is 4. The third kappa shape index (κ3) is 2.64. The Hall–Kier alpha value is -1.40. The minimum Gasteiger partial charge on any atom is -0.479 e. The molecule has 0 saturated heterocycles. The lowest BCUT2D eigenvalue weighted by molar-refractivity contribution is -0.151. The molecule has 2 rings (SSSR count). The molecule has 1 amide bonds. The summed E-state index contributed by atoms with van der Waals surface area (Å²) in [5.41, 5.74) is 6.57. The first-order valence-electron chi connectivity index (χ1n) is 6.41. The Balaban J connectivity index is 2.26. The Morgan fingerprint density at radius 3 is 3.00 bits per heavy atom. The molecule has 19 heavy (non-hydrogen) atoms. The van der Waals surface area contributed by atoms with Crippen molar-refractivity contribution < 1.29 is 14.7 Å². The smallest absolute Gasteiger partial charge is 0.331 e. The zero-order valence-electron chi connectivity index (χ0n) is 10.8. The number of carboxylic acids is 1. The third-order valence-electron chi connectivity index (χ3n) is 3.40. The van der Waals surface area contributed by atoms with Gasteiger partial charge in [-0.05, 0) is 29.9 Å². The van der Waals surface area contributed by atoms with Crippen LogP contribution in [-0.4, -0.2) is 34.5 Å². The number of hydrogen-bond donors (Lipinski definition) is 2. The van der Waals surface area contributed by atoms with Crippen LogP contribution in [0.25, 0.3) is 0 Å². The van der Waals surface area contributed by atoms with Gasteiger partial charge in [-0.1, -0.05) is 13.3 Å². The molecule has 2 atom stereocenters. The van der Waals surface area contributed by atoms with Crippen molar-refractivity contribution in [3.05, 3.63) is 21.9 Å². The lowest BCUT2D eigenvalue weighted by Crippen LogP contribution is -2.49. The molecule has 0 saturated carbocycles. The van der Waals surface area contributed by atoms with Crippen LogP contribution < -0.4 is 5.73 Å². The summed E-state index contributed by atoms with van der Waals surface area (Å²) in [5.74, 6) is -1.25. The zero-order valence-corrected chi connectivity index (χ0v) is 11.7. The van der Waals surface area contributed by atoms with Gasteiger partial charge in [0.25, 0.3) is 0 Å². The average Bonchev–Trinajstić information content (AvgIpc) is 2.84. The van der Waals surface area contributed by atoms with Crippen molar-refractivity contribution in [2.45, 2.75) is 38.3 Å². The number of thiophene rings is 1. The number of nitrogens with two attached hydrogens (primary N) is 1. The van der Waals surface area contributed by atoms with E-state index in [9.17, 15) is 14.7 Å². The van der Waals surface area contributed by atoms with Gasteiger partial charge in [-0.25, -0.2) is 4.79 Å². The number of carbonyl (C=O) groups is 2. The molecule has 5 nitrogen and oxygen atoms in total. The molecule has 104 valence electrons. The molecule has 0 aromatic carbocycles. The fraction of sp³-hybridized carbons (Fsp3) is 0.538. The van der Waals surface area contributed by atoms with Crippen LogP contribution in [-0.2, 0) is 16.0 Å². The molecule has 0 spiro atoms. The van der Waals surface area contributed by atoms with Gasteiger partial charge in [0.05, 0.1) is 6.04 Å². The molecule has 1 aromatic heterocycles. The molecule has 0 fully saturated rings. The van der Waals surface area contributed by atoms with Crippen molar-refractivity contribution in [3.8, 4) is 0 Å². The summed E-state index contributed by atoms with van der Waals surface area (Å²) in [5, 5.41) is 11.3. The van der Waals surface area contributed by atoms with Crippen LogP contribution in [0.3, 0.4) is 0 Å². The van der Waals surface area contributed by atoms with Crippen LogP contribution in [0.5, 0.6) is 0 Å². The molecule has 1 unspecified atom stereocenters. The lowest BCUT2D eigenvalue weighted by Gasteiger charge is -2.34. The van der Waals surface area contributed by atoms with E-state index in [4.69, 9.17) is 5.73 Å². The maximum Gasteiger partial charge on any atom is 0.331 e. The summed E-state index contributed by atoms with van der Waals surface area (Å²) in [6.45, 7) is 2.38. The van der Waals surface area contributed by atoms with Crippen molar-refractivity contribution in [2.75, 3.05) is 6.54 Å². The van der Waals surface area contributed by atoms with E-state index < -0.39 is 18.1 Å². The lowest BCUT2D eigenvalue weighted by atomic mass is 9.98. The topological polar surface area (TPSA) is 83.6 Å². The second kappa shape index (κ2) is 5.71. The molecule has 2 heterocycles. The summed E-state index contributed by atoms with van der Waals surface area (Å²) >= 11 is 1.55. The van der Waals surface area contributed by atoms with Crippen LogP contribution in [0.2, 0.25) is 0 Å². The number of carboxylic acid groups (broad SMARTS) is 1. The van der Waals surface area contributed by atoms with Crippen molar-refractivity contribution in [2.24, 2.45) is 5.73 Å². The van der Waals surface area contributed by atoms with Gasteiger partial charge in [-0.15, -0.1) is 11.3 Å². The van der Waals surface area contributed by atoms with Gasteiger partial charge in [0.15, 0.2) is 6.04 Å². The highest BCUT2D eigenvalue weighted by molar-refractivity contribution is 7.10. The molecule has 0 bridgehead atoms. The number of hydrogen-bond acceptors (Lipinski definition) is 4. The summed E-state index contributed by atoms with van der Waals surface area (Å²) < 4.78 is 0. The fourth-order valence-corrected chi connectivity index (χ4v) is 3.37. The standard InChI is InChI=1S/C13H18N2O3S/c1-2-3-9(14)12(16)15-6-4-10-8(5-7-19-10)11(15)13(17)18/h5,7,9,11H,2-4,6,14H2,1H3,(H,17,18)/t9-,11?/m0/s1. The molecule has 1 aromatic rings. The molecule has 0 radical (unpaired) electrons. The SMILES string of the molecule is CCC[C@H](N)C(=O)N1CCc2sccc2C1C(=O)O. The summed E-state index contributed by atoms with van der Waals surface area (Å²) in [6.07, 6.45) is 2.10. The van der Waals surface area contributed by atoms with E-state index in [-0.39, 0.29) is 5.91 Å². The summed E-state index contributed by atoms with van der Waals surface area (Å²) in [4.78, 5) is 26.2. The number of aliphatic carboxylic acids is 1. The number of nitrogens with zero attached hydrogens (tertiary/aromatic N) is 1. The van der Waals surface area contributed by atoms with Crippen molar-refractivity contribution in [1.82, 2.24) is 4.90 Å². The number of fused-ring (bicyclic) bond motifs is 1.